The predicted octanol–water partition coefficient (Wildman–Crippen LogP) is 4.72. The summed E-state index contributed by atoms with van der Waals surface area (Å²) in [4.78, 5) is 0. The van der Waals surface area contributed by atoms with Crippen molar-refractivity contribution in [3.05, 3.63) is 58.7 Å². The molecule has 0 unspecified atom stereocenters. The molecule has 20 heavy (non-hydrogen) atoms. The first-order valence-electron chi connectivity index (χ1n) is 6.93. The molecule has 0 bridgehead atoms. The van der Waals surface area contributed by atoms with Crippen LogP contribution in [0.5, 0.6) is 11.5 Å². The summed E-state index contributed by atoms with van der Waals surface area (Å²) in [5, 5.41) is 0. The summed E-state index contributed by atoms with van der Waals surface area (Å²) in [6.07, 6.45) is -0.323. The molecular weight excluding hydrogens is 248 g/mol. The van der Waals surface area contributed by atoms with Crippen molar-refractivity contribution in [3.63, 3.8) is 0 Å². The van der Waals surface area contributed by atoms with Gasteiger partial charge in [-0.25, -0.2) is 0 Å². The maximum absolute atomic E-state index is 5.90. The van der Waals surface area contributed by atoms with Crippen molar-refractivity contribution in [2.24, 2.45) is 0 Å². The van der Waals surface area contributed by atoms with E-state index in [-0.39, 0.29) is 6.29 Å². The lowest BCUT2D eigenvalue weighted by Crippen LogP contribution is -2.20. The number of aryl methyl sites for hydroxylation is 4. The number of hydrogen-bond acceptors (Lipinski definition) is 2. The van der Waals surface area contributed by atoms with Crippen LogP contribution in [0.25, 0.3) is 0 Å². The van der Waals surface area contributed by atoms with E-state index in [2.05, 4.69) is 38.1 Å². The molecule has 0 atom stereocenters. The highest BCUT2D eigenvalue weighted by molar-refractivity contribution is 5.37. The minimum absolute atomic E-state index is 0.323. The van der Waals surface area contributed by atoms with Gasteiger partial charge in [-0.15, -0.1) is 0 Å². The molecule has 0 aliphatic carbocycles. The van der Waals surface area contributed by atoms with Gasteiger partial charge in [0.15, 0.2) is 0 Å². The van der Waals surface area contributed by atoms with Gasteiger partial charge in [0.1, 0.15) is 11.5 Å². The standard InChI is InChI=1S/C18H22O2/c1-12-6-8-14(3)17(10-12)19-16(5)20-18-11-13(2)7-9-15(18)4/h6-11,16H,1-5H3. The number of rotatable bonds is 4. The summed E-state index contributed by atoms with van der Waals surface area (Å²) >= 11 is 0. The molecule has 2 heteroatoms. The molecule has 0 aliphatic heterocycles. The van der Waals surface area contributed by atoms with Gasteiger partial charge in [-0.1, -0.05) is 24.3 Å². The topological polar surface area (TPSA) is 18.5 Å². The highest BCUT2D eigenvalue weighted by atomic mass is 16.7. The van der Waals surface area contributed by atoms with Gasteiger partial charge in [0.05, 0.1) is 0 Å². The zero-order valence-electron chi connectivity index (χ0n) is 12.9. The molecular formula is C18H22O2. The van der Waals surface area contributed by atoms with Crippen molar-refractivity contribution in [2.75, 3.05) is 0 Å². The molecule has 0 radical (unpaired) electrons. The van der Waals surface area contributed by atoms with Gasteiger partial charge in [0.2, 0.25) is 6.29 Å². The smallest absolute Gasteiger partial charge is 0.238 e. The Kier molecular flexibility index (Phi) is 4.33. The molecule has 2 nitrogen and oxygen atoms in total. The molecule has 0 aliphatic rings. The molecule has 0 fully saturated rings. The first kappa shape index (κ1) is 14.4. The van der Waals surface area contributed by atoms with E-state index in [9.17, 15) is 0 Å². The van der Waals surface area contributed by atoms with Crippen molar-refractivity contribution < 1.29 is 9.47 Å². The third kappa shape index (κ3) is 3.53. The van der Waals surface area contributed by atoms with Crippen molar-refractivity contribution in [1.29, 1.82) is 0 Å². The molecule has 2 aromatic rings. The maximum atomic E-state index is 5.90. The molecule has 2 aromatic carbocycles. The van der Waals surface area contributed by atoms with Gasteiger partial charge in [0.25, 0.3) is 0 Å². The minimum atomic E-state index is -0.323. The normalized spacial score (nSPS) is 10.7. The van der Waals surface area contributed by atoms with Crippen molar-refractivity contribution >= 4 is 0 Å². The lowest BCUT2D eigenvalue weighted by molar-refractivity contribution is 0.0211. The summed E-state index contributed by atoms with van der Waals surface area (Å²) in [6.45, 7) is 10.1. The van der Waals surface area contributed by atoms with Crippen LogP contribution in [0.3, 0.4) is 0 Å². The molecule has 2 rings (SSSR count). The molecule has 0 N–H and O–H groups in total. The molecule has 0 heterocycles. The average molecular weight is 270 g/mol. The van der Waals surface area contributed by atoms with Crippen LogP contribution in [0, 0.1) is 27.7 Å². The minimum Gasteiger partial charge on any atom is -0.455 e. The Hall–Kier alpha value is -1.96. The van der Waals surface area contributed by atoms with Crippen LogP contribution in [0.15, 0.2) is 36.4 Å². The second-order valence-electron chi connectivity index (χ2n) is 5.34. The summed E-state index contributed by atoms with van der Waals surface area (Å²) in [5.41, 5.74) is 4.60. The average Bonchev–Trinajstić information content (AvgIpc) is 2.38. The van der Waals surface area contributed by atoms with Crippen LogP contribution < -0.4 is 9.47 Å². The van der Waals surface area contributed by atoms with Gasteiger partial charge in [0, 0.05) is 6.92 Å². The van der Waals surface area contributed by atoms with Gasteiger partial charge in [-0.2, -0.15) is 0 Å². The SMILES string of the molecule is Cc1ccc(C)c(OC(C)Oc2cc(C)ccc2C)c1. The first-order valence-corrected chi connectivity index (χ1v) is 6.93. The largest absolute Gasteiger partial charge is 0.455 e. The third-order valence-corrected chi connectivity index (χ3v) is 3.27. The number of ether oxygens (including phenoxy) is 2. The van der Waals surface area contributed by atoms with E-state index in [0.717, 1.165) is 22.6 Å². The van der Waals surface area contributed by atoms with Crippen molar-refractivity contribution in [1.82, 2.24) is 0 Å². The van der Waals surface area contributed by atoms with E-state index in [0.29, 0.717) is 0 Å². The molecule has 0 amide bonds. The number of benzene rings is 2. The Morgan fingerprint density at radius 2 is 1.10 bits per heavy atom. The Balaban J connectivity index is 2.10. The third-order valence-electron chi connectivity index (χ3n) is 3.27. The fraction of sp³-hybridized carbons (Fsp3) is 0.333. The van der Waals surface area contributed by atoms with Crippen LogP contribution >= 0.6 is 0 Å². The molecule has 0 saturated heterocycles. The summed E-state index contributed by atoms with van der Waals surface area (Å²) in [5.74, 6) is 1.76. The van der Waals surface area contributed by atoms with Crippen LogP contribution in [-0.2, 0) is 0 Å². The fourth-order valence-electron chi connectivity index (χ4n) is 2.05. The molecule has 0 aromatic heterocycles. The second kappa shape index (κ2) is 6.00. The maximum Gasteiger partial charge on any atom is 0.238 e. The highest BCUT2D eigenvalue weighted by Crippen LogP contribution is 2.24. The molecule has 0 spiro atoms. The Morgan fingerprint density at radius 1 is 0.700 bits per heavy atom. The summed E-state index contributed by atoms with van der Waals surface area (Å²) in [6, 6.07) is 12.4. The van der Waals surface area contributed by atoms with Gasteiger partial charge >= 0.3 is 0 Å². The van der Waals surface area contributed by atoms with Crippen LogP contribution in [-0.4, -0.2) is 6.29 Å². The summed E-state index contributed by atoms with van der Waals surface area (Å²) in [7, 11) is 0. The van der Waals surface area contributed by atoms with E-state index in [1.165, 1.54) is 11.1 Å². The zero-order valence-corrected chi connectivity index (χ0v) is 12.9. The fourth-order valence-corrected chi connectivity index (χ4v) is 2.05. The Labute approximate surface area is 121 Å². The zero-order chi connectivity index (χ0) is 14.7. The summed E-state index contributed by atoms with van der Waals surface area (Å²) < 4.78 is 11.8. The van der Waals surface area contributed by atoms with E-state index < -0.39 is 0 Å². The van der Waals surface area contributed by atoms with E-state index in [4.69, 9.17) is 9.47 Å². The van der Waals surface area contributed by atoms with E-state index >= 15 is 0 Å². The van der Waals surface area contributed by atoms with Gasteiger partial charge < -0.3 is 9.47 Å². The lowest BCUT2D eigenvalue weighted by Gasteiger charge is -2.19. The van der Waals surface area contributed by atoms with Crippen LogP contribution in [0.4, 0.5) is 0 Å². The Bertz CT molecular complexity index is 549. The van der Waals surface area contributed by atoms with Gasteiger partial charge in [-0.05, 0) is 62.1 Å². The molecule has 106 valence electrons. The quantitative estimate of drug-likeness (QED) is 0.748. The van der Waals surface area contributed by atoms with Crippen molar-refractivity contribution in [2.45, 2.75) is 40.9 Å². The Morgan fingerprint density at radius 3 is 1.50 bits per heavy atom. The van der Waals surface area contributed by atoms with Crippen molar-refractivity contribution in [3.8, 4) is 11.5 Å². The predicted molar refractivity (Wildman–Crippen MR) is 82.6 cm³/mol. The van der Waals surface area contributed by atoms with E-state index in [1.54, 1.807) is 0 Å². The highest BCUT2D eigenvalue weighted by Gasteiger charge is 2.10. The monoisotopic (exact) mass is 270 g/mol. The second-order valence-corrected chi connectivity index (χ2v) is 5.34. The number of hydrogen-bond donors (Lipinski definition) is 0. The van der Waals surface area contributed by atoms with Crippen LogP contribution in [0.2, 0.25) is 0 Å². The van der Waals surface area contributed by atoms with Gasteiger partial charge in [-0.3, -0.25) is 0 Å². The first-order chi connectivity index (χ1) is 9.45. The molecule has 0 saturated carbocycles. The van der Waals surface area contributed by atoms with E-state index in [1.807, 2.05) is 32.9 Å². The van der Waals surface area contributed by atoms with Crippen LogP contribution in [0.1, 0.15) is 29.2 Å². The lowest BCUT2D eigenvalue weighted by atomic mass is 10.1.